The van der Waals surface area contributed by atoms with Crippen molar-refractivity contribution in [3.05, 3.63) is 12.7 Å². The van der Waals surface area contributed by atoms with Crippen molar-refractivity contribution in [3.63, 3.8) is 0 Å². The van der Waals surface area contributed by atoms with Gasteiger partial charge in [0, 0.05) is 13.1 Å². The molecule has 0 aromatic heterocycles. The van der Waals surface area contributed by atoms with Crippen molar-refractivity contribution < 1.29 is 10.3 Å². The molecule has 0 saturated carbocycles. The maximum Gasteiger partial charge on any atom is 0.0835 e. The summed E-state index contributed by atoms with van der Waals surface area (Å²) >= 11 is 0. The van der Waals surface area contributed by atoms with Gasteiger partial charge in [0.15, 0.2) is 0 Å². The van der Waals surface area contributed by atoms with E-state index >= 15 is 0 Å². The molecule has 1 heterocycles. The average Bonchev–Trinajstić information content (AvgIpc) is 1.55. The van der Waals surface area contributed by atoms with Crippen LogP contribution in [0.4, 0.5) is 0 Å². The highest BCUT2D eigenvalue weighted by Gasteiger charge is 2.10. The Morgan fingerprint density at radius 1 is 1.75 bits per heavy atom. The summed E-state index contributed by atoms with van der Waals surface area (Å²) in [5.41, 5.74) is 0. The minimum absolute atomic E-state index is 0. The molecule has 1 saturated heterocycles. The van der Waals surface area contributed by atoms with Crippen LogP contribution in [0.3, 0.4) is 0 Å². The number of nitrogens with zero attached hydrogens (tertiary/aromatic N) is 1. The molecule has 0 atom stereocenters. The highest BCUT2D eigenvalue weighted by atomic mass is 16.7. The molecule has 0 amide bonds. The topological polar surface area (TPSA) is 44.0 Å². The van der Waals surface area contributed by atoms with Gasteiger partial charge in [-0.15, -0.1) is 6.58 Å². The first-order chi connectivity index (χ1) is 3.43. The van der Waals surface area contributed by atoms with Crippen molar-refractivity contribution in [3.8, 4) is 0 Å². The van der Waals surface area contributed by atoms with E-state index < -0.39 is 0 Å². The Morgan fingerprint density at radius 3 is 2.50 bits per heavy atom. The molecule has 3 nitrogen and oxygen atoms in total. The fourth-order valence-electron chi connectivity index (χ4n) is 0.508. The Morgan fingerprint density at radius 2 is 2.38 bits per heavy atom. The van der Waals surface area contributed by atoms with Crippen LogP contribution in [0, 0.1) is 0 Å². The molecule has 8 heavy (non-hydrogen) atoms. The zero-order valence-corrected chi connectivity index (χ0v) is 4.76. The number of hydroxylamine groups is 2. The van der Waals surface area contributed by atoms with Gasteiger partial charge in [0.05, 0.1) is 6.61 Å². The van der Waals surface area contributed by atoms with E-state index in [0.29, 0.717) is 0 Å². The zero-order valence-electron chi connectivity index (χ0n) is 4.76. The van der Waals surface area contributed by atoms with Gasteiger partial charge in [-0.3, -0.25) is 4.84 Å². The fraction of sp³-hybridized carbons (Fsp3) is 0.600. The van der Waals surface area contributed by atoms with Crippen molar-refractivity contribution in [2.75, 3.05) is 19.7 Å². The van der Waals surface area contributed by atoms with E-state index in [1.807, 2.05) is 11.1 Å². The Hall–Kier alpha value is -0.380. The Kier molecular flexibility index (Phi) is 3.43. The summed E-state index contributed by atoms with van der Waals surface area (Å²) in [5.74, 6) is 0. The lowest BCUT2D eigenvalue weighted by atomic mass is 10.5. The minimum atomic E-state index is 0. The van der Waals surface area contributed by atoms with Crippen LogP contribution in [0.15, 0.2) is 12.7 Å². The van der Waals surface area contributed by atoms with Gasteiger partial charge < -0.3 is 5.48 Å². The Balaban J connectivity index is 0.000000490. The van der Waals surface area contributed by atoms with Gasteiger partial charge >= 0.3 is 0 Å². The summed E-state index contributed by atoms with van der Waals surface area (Å²) in [4.78, 5) is 4.93. The Bertz CT molecular complexity index is 70.8. The van der Waals surface area contributed by atoms with Gasteiger partial charge in [-0.1, -0.05) is 6.08 Å². The van der Waals surface area contributed by atoms with Crippen molar-refractivity contribution in [1.82, 2.24) is 5.06 Å². The molecule has 1 rings (SSSR count). The van der Waals surface area contributed by atoms with Crippen LogP contribution in [0.5, 0.6) is 0 Å². The van der Waals surface area contributed by atoms with E-state index in [9.17, 15) is 0 Å². The molecule has 0 spiro atoms. The van der Waals surface area contributed by atoms with Crippen LogP contribution in [0.2, 0.25) is 0 Å². The lowest BCUT2D eigenvalue weighted by Gasteiger charge is -2.28. The molecule has 1 aliphatic rings. The van der Waals surface area contributed by atoms with Gasteiger partial charge in [-0.2, -0.15) is 5.06 Å². The first kappa shape index (κ1) is 7.62. The second-order valence-corrected chi connectivity index (χ2v) is 1.51. The highest BCUT2D eigenvalue weighted by Crippen LogP contribution is 1.99. The molecule has 0 aliphatic carbocycles. The van der Waals surface area contributed by atoms with E-state index in [2.05, 4.69) is 6.58 Å². The molecule has 1 fully saturated rings. The van der Waals surface area contributed by atoms with Crippen LogP contribution in [0.25, 0.3) is 0 Å². The number of rotatable bonds is 2. The molecule has 0 bridgehead atoms. The number of hydrogen-bond acceptors (Lipinski definition) is 2. The third kappa shape index (κ3) is 1.61. The van der Waals surface area contributed by atoms with Crippen LogP contribution in [-0.4, -0.2) is 30.2 Å². The standard InChI is InChI=1S/C5H9NO.H2O/c1-2-3-6-4-5-7-6;/h2H,1,3-5H2;1H2. The number of hydrogen-bond donors (Lipinski definition) is 0. The third-order valence-corrected chi connectivity index (χ3v) is 0.947. The van der Waals surface area contributed by atoms with E-state index in [-0.39, 0.29) is 5.48 Å². The average molecular weight is 117 g/mol. The maximum absolute atomic E-state index is 4.93. The van der Waals surface area contributed by atoms with Gasteiger partial charge in [0.25, 0.3) is 0 Å². The molecule has 2 N–H and O–H groups in total. The lowest BCUT2D eigenvalue weighted by molar-refractivity contribution is -0.239. The zero-order chi connectivity index (χ0) is 5.11. The fourth-order valence-corrected chi connectivity index (χ4v) is 0.508. The Labute approximate surface area is 48.8 Å². The maximum atomic E-state index is 4.93. The van der Waals surface area contributed by atoms with Crippen molar-refractivity contribution in [2.24, 2.45) is 0 Å². The van der Waals surface area contributed by atoms with Crippen molar-refractivity contribution in [2.45, 2.75) is 0 Å². The highest BCUT2D eigenvalue weighted by molar-refractivity contribution is 4.71. The predicted molar refractivity (Wildman–Crippen MR) is 31.3 cm³/mol. The summed E-state index contributed by atoms with van der Waals surface area (Å²) in [5, 5.41) is 1.87. The summed E-state index contributed by atoms with van der Waals surface area (Å²) in [6.45, 7) is 6.37. The van der Waals surface area contributed by atoms with Crippen LogP contribution in [0.1, 0.15) is 0 Å². The summed E-state index contributed by atoms with van der Waals surface area (Å²) in [7, 11) is 0. The predicted octanol–water partition coefficient (Wildman–Crippen LogP) is -0.405. The molecule has 1 aliphatic heterocycles. The third-order valence-electron chi connectivity index (χ3n) is 0.947. The van der Waals surface area contributed by atoms with Crippen LogP contribution >= 0.6 is 0 Å². The van der Waals surface area contributed by atoms with Gasteiger partial charge in [-0.05, 0) is 0 Å². The summed E-state index contributed by atoms with van der Waals surface area (Å²) in [6.07, 6.45) is 1.83. The largest absolute Gasteiger partial charge is 0.412 e. The SMILES string of the molecule is C=CCN1CCO1.O. The smallest absolute Gasteiger partial charge is 0.0835 e. The quantitative estimate of drug-likeness (QED) is 0.462. The first-order valence-corrected chi connectivity index (χ1v) is 2.42. The first-order valence-electron chi connectivity index (χ1n) is 2.42. The van der Waals surface area contributed by atoms with E-state index in [4.69, 9.17) is 4.84 Å². The van der Waals surface area contributed by atoms with E-state index in [1.165, 1.54) is 0 Å². The molecule has 0 aromatic rings. The molecular formula is C5H11NO2. The van der Waals surface area contributed by atoms with Gasteiger partial charge in [-0.25, -0.2) is 0 Å². The second kappa shape index (κ2) is 3.60. The summed E-state index contributed by atoms with van der Waals surface area (Å²) in [6, 6.07) is 0. The molecule has 0 radical (unpaired) electrons. The monoisotopic (exact) mass is 117 g/mol. The molecular weight excluding hydrogens is 106 g/mol. The van der Waals surface area contributed by atoms with Crippen molar-refractivity contribution in [1.29, 1.82) is 0 Å². The molecule has 3 heteroatoms. The van der Waals surface area contributed by atoms with Gasteiger partial charge in [0.1, 0.15) is 0 Å². The lowest BCUT2D eigenvalue weighted by Crippen LogP contribution is -2.39. The van der Waals surface area contributed by atoms with Crippen molar-refractivity contribution >= 4 is 0 Å². The molecule has 48 valence electrons. The molecule has 0 unspecified atom stereocenters. The van der Waals surface area contributed by atoms with Crippen LogP contribution in [-0.2, 0) is 4.84 Å². The summed E-state index contributed by atoms with van der Waals surface area (Å²) < 4.78 is 0. The van der Waals surface area contributed by atoms with Gasteiger partial charge in [0.2, 0.25) is 0 Å². The van der Waals surface area contributed by atoms with Crippen LogP contribution < -0.4 is 0 Å². The minimum Gasteiger partial charge on any atom is -0.412 e. The normalized spacial score (nSPS) is 18.5. The van der Waals surface area contributed by atoms with E-state index in [1.54, 1.807) is 0 Å². The van der Waals surface area contributed by atoms with E-state index in [0.717, 1.165) is 19.7 Å². The molecule has 0 aromatic carbocycles. The second-order valence-electron chi connectivity index (χ2n) is 1.51.